The number of nitrogens with one attached hydrogen (secondary N) is 2. The fraction of sp³-hybridized carbons (Fsp3) is 0.400. The van der Waals surface area contributed by atoms with Crippen LogP contribution in [0, 0.1) is 0 Å². The van der Waals surface area contributed by atoms with Gasteiger partial charge in [0.1, 0.15) is 17.6 Å². The van der Waals surface area contributed by atoms with Gasteiger partial charge in [-0.25, -0.2) is 9.59 Å². The number of nitrogens with zero attached hydrogens (tertiary/aromatic N) is 2. The fourth-order valence-electron chi connectivity index (χ4n) is 2.79. The zero-order valence-electron chi connectivity index (χ0n) is 13.3. The van der Waals surface area contributed by atoms with Crippen LogP contribution in [0.1, 0.15) is 0 Å². The molecule has 3 rings (SSSR count). The molecule has 0 aliphatic carbocycles. The first-order valence-electron chi connectivity index (χ1n) is 7.50. The zero-order chi connectivity index (χ0) is 17.3. The molecule has 24 heavy (non-hydrogen) atoms. The second kappa shape index (κ2) is 6.62. The maximum Gasteiger partial charge on any atom is 0.416 e. The summed E-state index contributed by atoms with van der Waals surface area (Å²) in [5.41, 5.74) is 1.35. The lowest BCUT2D eigenvalue weighted by Crippen LogP contribution is -2.50. The second-order valence-electron chi connectivity index (χ2n) is 5.30. The number of anilines is 2. The molecular formula is C15H18N4O4S. The summed E-state index contributed by atoms with van der Waals surface area (Å²) in [6, 6.07) is 6.59. The third-order valence-corrected chi connectivity index (χ3v) is 4.43. The minimum absolute atomic E-state index is 0.368. The van der Waals surface area contributed by atoms with Crippen molar-refractivity contribution in [2.75, 3.05) is 37.0 Å². The highest BCUT2D eigenvalue weighted by molar-refractivity contribution is 7.80. The van der Waals surface area contributed by atoms with Gasteiger partial charge in [-0.2, -0.15) is 0 Å². The highest BCUT2D eigenvalue weighted by atomic mass is 32.1. The summed E-state index contributed by atoms with van der Waals surface area (Å²) in [5, 5.41) is 5.84. The Morgan fingerprint density at radius 2 is 1.83 bits per heavy atom. The molecule has 9 heteroatoms. The van der Waals surface area contributed by atoms with Crippen molar-refractivity contribution < 1.29 is 19.1 Å². The summed E-state index contributed by atoms with van der Waals surface area (Å²) in [7, 11) is 3.41. The molecule has 2 aliphatic heterocycles. The number of hydrogen-bond donors (Lipinski definition) is 2. The van der Waals surface area contributed by atoms with E-state index in [0.717, 1.165) is 0 Å². The van der Waals surface area contributed by atoms with Crippen molar-refractivity contribution in [1.29, 1.82) is 0 Å². The minimum Gasteiger partial charge on any atom is -0.447 e. The van der Waals surface area contributed by atoms with Gasteiger partial charge in [-0.1, -0.05) is 12.2 Å². The van der Waals surface area contributed by atoms with Gasteiger partial charge in [0.25, 0.3) is 0 Å². The summed E-state index contributed by atoms with van der Waals surface area (Å²) in [4.78, 5) is 27.4. The van der Waals surface area contributed by atoms with E-state index in [1.54, 1.807) is 38.4 Å². The fourth-order valence-corrected chi connectivity index (χ4v) is 3.01. The molecule has 2 aliphatic rings. The lowest BCUT2D eigenvalue weighted by Gasteiger charge is -2.25. The van der Waals surface area contributed by atoms with Crippen molar-refractivity contribution >= 4 is 40.8 Å². The topological polar surface area (TPSA) is 83.1 Å². The van der Waals surface area contributed by atoms with Crippen molar-refractivity contribution in [2.24, 2.45) is 0 Å². The molecule has 2 atom stereocenters. The molecule has 2 fully saturated rings. The predicted molar refractivity (Wildman–Crippen MR) is 92.4 cm³/mol. The van der Waals surface area contributed by atoms with Crippen LogP contribution in [-0.4, -0.2) is 56.7 Å². The number of cyclic esters (lactones) is 2. The molecule has 1 unspecified atom stereocenters. The SMILES string of the molecule is CNC(=S)C1[C@@H](NC)OC(=O)N1c1ccc(N2CCOC2=O)cc1. The maximum absolute atomic E-state index is 12.3. The average molecular weight is 350 g/mol. The van der Waals surface area contributed by atoms with E-state index in [4.69, 9.17) is 21.7 Å². The molecule has 8 nitrogen and oxygen atoms in total. The Kier molecular flexibility index (Phi) is 4.54. The Labute approximate surface area is 144 Å². The normalized spacial score (nSPS) is 23.2. The number of carbonyl (C=O) groups is 2. The van der Waals surface area contributed by atoms with E-state index in [1.807, 2.05) is 0 Å². The van der Waals surface area contributed by atoms with Crippen LogP contribution in [0.3, 0.4) is 0 Å². The van der Waals surface area contributed by atoms with Gasteiger partial charge in [-0.3, -0.25) is 15.1 Å². The van der Waals surface area contributed by atoms with Crippen LogP contribution in [0.25, 0.3) is 0 Å². The Morgan fingerprint density at radius 3 is 2.38 bits per heavy atom. The monoisotopic (exact) mass is 350 g/mol. The van der Waals surface area contributed by atoms with Crippen LogP contribution in [0.2, 0.25) is 0 Å². The van der Waals surface area contributed by atoms with E-state index < -0.39 is 18.4 Å². The van der Waals surface area contributed by atoms with Crippen molar-refractivity contribution in [3.05, 3.63) is 24.3 Å². The Bertz CT molecular complexity index is 666. The minimum atomic E-state index is -0.536. The first-order valence-corrected chi connectivity index (χ1v) is 7.90. The quantitative estimate of drug-likeness (QED) is 0.786. The molecule has 2 N–H and O–H groups in total. The van der Waals surface area contributed by atoms with Crippen molar-refractivity contribution in [2.45, 2.75) is 12.3 Å². The lowest BCUT2D eigenvalue weighted by atomic mass is 10.2. The largest absolute Gasteiger partial charge is 0.447 e. The maximum atomic E-state index is 12.3. The summed E-state index contributed by atoms with van der Waals surface area (Å²) in [6.45, 7) is 0.889. The van der Waals surface area contributed by atoms with Crippen LogP contribution in [0.5, 0.6) is 0 Å². The summed E-state index contributed by atoms with van der Waals surface area (Å²) >= 11 is 5.32. The molecular weight excluding hydrogens is 332 g/mol. The average Bonchev–Trinajstić information content (AvgIpc) is 3.17. The van der Waals surface area contributed by atoms with Gasteiger partial charge in [-0.15, -0.1) is 0 Å². The second-order valence-corrected chi connectivity index (χ2v) is 5.74. The molecule has 0 spiro atoms. The molecule has 0 bridgehead atoms. The Morgan fingerprint density at radius 1 is 1.17 bits per heavy atom. The molecule has 0 radical (unpaired) electrons. The third kappa shape index (κ3) is 2.76. The molecule has 1 aromatic rings. The molecule has 2 amide bonds. The van der Waals surface area contributed by atoms with Gasteiger partial charge >= 0.3 is 12.2 Å². The highest BCUT2D eigenvalue weighted by Gasteiger charge is 2.44. The smallest absolute Gasteiger partial charge is 0.416 e. The van der Waals surface area contributed by atoms with Gasteiger partial charge in [0.05, 0.1) is 6.54 Å². The van der Waals surface area contributed by atoms with Crippen LogP contribution in [-0.2, 0) is 9.47 Å². The summed E-state index contributed by atoms with van der Waals surface area (Å²) in [5.74, 6) is 0. The van der Waals surface area contributed by atoms with Gasteiger partial charge in [0.2, 0.25) is 0 Å². The van der Waals surface area contributed by atoms with Crippen LogP contribution in [0.15, 0.2) is 24.3 Å². The van der Waals surface area contributed by atoms with Crippen molar-refractivity contribution in [3.63, 3.8) is 0 Å². The van der Waals surface area contributed by atoms with Crippen LogP contribution >= 0.6 is 12.2 Å². The van der Waals surface area contributed by atoms with Gasteiger partial charge in [0.15, 0.2) is 6.23 Å². The summed E-state index contributed by atoms with van der Waals surface area (Å²) < 4.78 is 10.3. The molecule has 2 heterocycles. The standard InChI is InChI=1S/C15H18N4O4S/c1-16-12-11(13(24)17-2)19(15(21)23-12)10-5-3-9(4-6-10)18-7-8-22-14(18)20/h3-6,11-12,16H,7-8H2,1-2H3,(H,17,24)/t11?,12-/m0/s1. The van der Waals surface area contributed by atoms with E-state index in [9.17, 15) is 9.59 Å². The van der Waals surface area contributed by atoms with Crippen LogP contribution in [0.4, 0.5) is 21.0 Å². The number of hydrogen-bond acceptors (Lipinski definition) is 6. The van der Waals surface area contributed by atoms with Gasteiger partial charge in [-0.05, 0) is 31.3 Å². The number of ether oxygens (including phenoxy) is 2. The summed E-state index contributed by atoms with van der Waals surface area (Å²) in [6.07, 6.45) is -1.39. The van der Waals surface area contributed by atoms with Crippen LogP contribution < -0.4 is 20.4 Å². The van der Waals surface area contributed by atoms with Crippen molar-refractivity contribution in [3.8, 4) is 0 Å². The number of benzene rings is 1. The lowest BCUT2D eigenvalue weighted by molar-refractivity contribution is 0.123. The van der Waals surface area contributed by atoms with E-state index in [1.165, 1.54) is 9.80 Å². The number of likely N-dealkylation sites (N-methyl/N-ethyl adjacent to an activating group) is 2. The number of thiocarbonyl (C=S) groups is 1. The number of amides is 2. The Balaban J connectivity index is 1.87. The van der Waals surface area contributed by atoms with E-state index in [2.05, 4.69) is 10.6 Å². The Hall–Kier alpha value is -2.39. The number of carbonyl (C=O) groups excluding carboxylic acids is 2. The van der Waals surface area contributed by atoms with E-state index >= 15 is 0 Å². The van der Waals surface area contributed by atoms with Gasteiger partial charge in [0, 0.05) is 18.4 Å². The first-order chi connectivity index (χ1) is 11.6. The third-order valence-electron chi connectivity index (χ3n) is 3.99. The molecule has 128 valence electrons. The first kappa shape index (κ1) is 16.5. The highest BCUT2D eigenvalue weighted by Crippen LogP contribution is 2.29. The molecule has 1 aromatic carbocycles. The molecule has 0 saturated carbocycles. The van der Waals surface area contributed by atoms with E-state index in [0.29, 0.717) is 29.5 Å². The van der Waals surface area contributed by atoms with E-state index in [-0.39, 0.29) is 6.09 Å². The molecule has 2 saturated heterocycles. The van der Waals surface area contributed by atoms with Gasteiger partial charge < -0.3 is 14.8 Å². The van der Waals surface area contributed by atoms with Crippen molar-refractivity contribution in [1.82, 2.24) is 10.6 Å². The number of rotatable bonds is 4. The predicted octanol–water partition coefficient (Wildman–Crippen LogP) is 1.06. The zero-order valence-corrected chi connectivity index (χ0v) is 14.1. The molecule has 0 aromatic heterocycles.